The molecule has 3 aromatic rings. The van der Waals surface area contributed by atoms with Crippen LogP contribution in [-0.4, -0.2) is 73.1 Å². The van der Waals surface area contributed by atoms with E-state index in [1.807, 2.05) is 0 Å². The van der Waals surface area contributed by atoms with Crippen molar-refractivity contribution in [3.8, 4) is 11.3 Å². The maximum Gasteiger partial charge on any atom is 0.320 e. The van der Waals surface area contributed by atoms with Crippen LogP contribution in [0.3, 0.4) is 0 Å². The molecule has 2 atom stereocenters. The summed E-state index contributed by atoms with van der Waals surface area (Å²) in [5, 5.41) is 12.8. The Morgan fingerprint density at radius 3 is 2.51 bits per heavy atom. The molecule has 2 heterocycles. The van der Waals surface area contributed by atoms with Crippen LogP contribution in [0.5, 0.6) is 0 Å². The summed E-state index contributed by atoms with van der Waals surface area (Å²) in [7, 11) is 4.90. The standard InChI is InChI=1S/C26H30F2N6O3/c1-29-25(35)17-6-4-16(5-7-17)22-13-24(33(2)32-22)31-26(36)30-23-15-34(10-11-37-3)14-19(23)18-8-9-20(27)21(28)12-18/h4-9,12-13,19,23H,10-11,14-15H2,1-3H3,(H,29,35)(H2,30,31,36). The van der Waals surface area contributed by atoms with Gasteiger partial charge in [0.2, 0.25) is 0 Å². The Kier molecular flexibility index (Phi) is 8.14. The van der Waals surface area contributed by atoms with Crippen LogP contribution in [-0.2, 0) is 11.8 Å². The molecule has 11 heteroatoms. The first-order valence-electron chi connectivity index (χ1n) is 11.9. The number of carbonyl (C=O) groups excluding carboxylic acids is 2. The SMILES string of the molecule is CNC(=O)c1ccc(-c2cc(NC(=O)NC3CN(CCOC)CC3c3ccc(F)c(F)c3)n(C)n2)cc1. The van der Waals surface area contributed by atoms with Gasteiger partial charge in [-0.1, -0.05) is 18.2 Å². The van der Waals surface area contributed by atoms with Crippen LogP contribution < -0.4 is 16.0 Å². The molecule has 37 heavy (non-hydrogen) atoms. The molecule has 196 valence electrons. The fourth-order valence-electron chi connectivity index (χ4n) is 4.50. The third-order valence-corrected chi connectivity index (χ3v) is 6.49. The lowest BCUT2D eigenvalue weighted by Crippen LogP contribution is -2.42. The molecule has 1 fully saturated rings. The Morgan fingerprint density at radius 1 is 1.08 bits per heavy atom. The first-order valence-corrected chi connectivity index (χ1v) is 11.9. The van der Waals surface area contributed by atoms with E-state index < -0.39 is 17.7 Å². The number of hydrogen-bond acceptors (Lipinski definition) is 5. The molecule has 1 aliphatic heterocycles. The first-order chi connectivity index (χ1) is 17.8. The number of anilines is 1. The highest BCUT2D eigenvalue weighted by molar-refractivity contribution is 5.94. The highest BCUT2D eigenvalue weighted by Crippen LogP contribution is 2.29. The Hall–Kier alpha value is -3.83. The normalized spacial score (nSPS) is 17.5. The van der Waals surface area contributed by atoms with Crippen LogP contribution in [0.1, 0.15) is 21.8 Å². The van der Waals surface area contributed by atoms with E-state index in [-0.39, 0.29) is 17.9 Å². The van der Waals surface area contributed by atoms with Gasteiger partial charge in [0.05, 0.1) is 18.3 Å². The van der Waals surface area contributed by atoms with Gasteiger partial charge in [0.15, 0.2) is 11.6 Å². The van der Waals surface area contributed by atoms with Gasteiger partial charge in [-0.3, -0.25) is 19.7 Å². The number of amides is 3. The average molecular weight is 513 g/mol. The maximum absolute atomic E-state index is 13.9. The molecular formula is C26H30F2N6O3. The smallest absolute Gasteiger partial charge is 0.320 e. The molecule has 1 saturated heterocycles. The number of ether oxygens (including phenoxy) is 1. The number of rotatable bonds is 8. The lowest BCUT2D eigenvalue weighted by Gasteiger charge is -2.20. The van der Waals surface area contributed by atoms with Gasteiger partial charge in [-0.15, -0.1) is 0 Å². The van der Waals surface area contributed by atoms with E-state index in [9.17, 15) is 18.4 Å². The second-order valence-electron chi connectivity index (χ2n) is 8.93. The third-order valence-electron chi connectivity index (χ3n) is 6.49. The molecule has 3 N–H and O–H groups in total. The van der Waals surface area contributed by atoms with Gasteiger partial charge in [-0.2, -0.15) is 5.10 Å². The van der Waals surface area contributed by atoms with Gasteiger partial charge in [-0.25, -0.2) is 13.6 Å². The van der Waals surface area contributed by atoms with E-state index in [4.69, 9.17) is 4.74 Å². The minimum absolute atomic E-state index is 0.180. The molecule has 2 unspecified atom stereocenters. The number of nitrogens with one attached hydrogen (secondary N) is 3. The van der Waals surface area contributed by atoms with Crippen LogP contribution in [0.4, 0.5) is 19.4 Å². The van der Waals surface area contributed by atoms with Crippen molar-refractivity contribution in [3.63, 3.8) is 0 Å². The molecule has 0 radical (unpaired) electrons. The number of halogens is 2. The third kappa shape index (κ3) is 6.12. The van der Waals surface area contributed by atoms with Gasteiger partial charge in [0.1, 0.15) is 5.82 Å². The molecule has 0 saturated carbocycles. The van der Waals surface area contributed by atoms with Crippen molar-refractivity contribution in [2.75, 3.05) is 45.7 Å². The summed E-state index contributed by atoms with van der Waals surface area (Å²) in [4.78, 5) is 26.8. The number of carbonyl (C=O) groups is 2. The molecule has 1 aliphatic rings. The Balaban J connectivity index is 1.46. The molecule has 0 aliphatic carbocycles. The fourth-order valence-corrected chi connectivity index (χ4v) is 4.50. The van der Waals surface area contributed by atoms with Crippen LogP contribution in [0.2, 0.25) is 0 Å². The van der Waals surface area contributed by atoms with Gasteiger partial charge < -0.3 is 15.4 Å². The minimum Gasteiger partial charge on any atom is -0.383 e. The van der Waals surface area contributed by atoms with Crippen molar-refractivity contribution in [2.24, 2.45) is 7.05 Å². The highest BCUT2D eigenvalue weighted by Gasteiger charge is 2.35. The minimum atomic E-state index is -0.915. The fraction of sp³-hybridized carbons (Fsp3) is 0.346. The summed E-state index contributed by atoms with van der Waals surface area (Å²) in [5.41, 5.74) is 2.57. The van der Waals surface area contributed by atoms with Gasteiger partial charge >= 0.3 is 6.03 Å². The first kappa shape index (κ1) is 26.2. The Labute approximate surface area is 213 Å². The van der Waals surface area contributed by atoms with Crippen LogP contribution in [0.25, 0.3) is 11.3 Å². The summed E-state index contributed by atoms with van der Waals surface area (Å²) in [6.07, 6.45) is 0. The number of aromatic nitrogens is 2. The lowest BCUT2D eigenvalue weighted by molar-refractivity contribution is 0.0963. The van der Waals surface area contributed by atoms with Gasteiger partial charge in [0, 0.05) is 64.0 Å². The molecule has 9 nitrogen and oxygen atoms in total. The molecule has 4 rings (SSSR count). The Bertz CT molecular complexity index is 1260. The summed E-state index contributed by atoms with van der Waals surface area (Å²) >= 11 is 0. The van der Waals surface area contributed by atoms with E-state index in [1.165, 1.54) is 6.07 Å². The highest BCUT2D eigenvalue weighted by atomic mass is 19.2. The quantitative estimate of drug-likeness (QED) is 0.431. The number of hydrogen-bond donors (Lipinski definition) is 3. The van der Waals surface area contributed by atoms with E-state index in [1.54, 1.807) is 62.3 Å². The molecule has 1 aromatic heterocycles. The Morgan fingerprint density at radius 2 is 1.84 bits per heavy atom. The molecule has 3 amide bonds. The van der Waals surface area contributed by atoms with Crippen LogP contribution in [0, 0.1) is 11.6 Å². The monoisotopic (exact) mass is 512 g/mol. The predicted octanol–water partition coefficient (Wildman–Crippen LogP) is 2.96. The topological polar surface area (TPSA) is 101 Å². The summed E-state index contributed by atoms with van der Waals surface area (Å²) in [6, 6.07) is 11.8. The second kappa shape index (κ2) is 11.5. The van der Waals surface area contributed by atoms with Gasteiger partial charge in [0.25, 0.3) is 5.91 Å². The van der Waals surface area contributed by atoms with Crippen molar-refractivity contribution in [2.45, 2.75) is 12.0 Å². The summed E-state index contributed by atoms with van der Waals surface area (Å²) in [5.74, 6) is -1.75. The van der Waals surface area contributed by atoms with Crippen LogP contribution >= 0.6 is 0 Å². The van der Waals surface area contributed by atoms with Crippen molar-refractivity contribution < 1.29 is 23.1 Å². The van der Waals surface area contributed by atoms with Gasteiger partial charge in [-0.05, 0) is 29.8 Å². The maximum atomic E-state index is 13.9. The number of aryl methyl sites for hydroxylation is 1. The average Bonchev–Trinajstić information content (AvgIpc) is 3.46. The molecular weight excluding hydrogens is 482 g/mol. The number of urea groups is 1. The number of nitrogens with zero attached hydrogens (tertiary/aromatic N) is 3. The lowest BCUT2D eigenvalue weighted by atomic mass is 9.94. The zero-order valence-corrected chi connectivity index (χ0v) is 20.9. The van der Waals surface area contributed by atoms with E-state index >= 15 is 0 Å². The number of benzene rings is 2. The zero-order valence-electron chi connectivity index (χ0n) is 20.9. The van der Waals surface area contributed by atoms with E-state index in [2.05, 4.69) is 25.9 Å². The summed E-state index contributed by atoms with van der Waals surface area (Å²) < 4.78 is 34.2. The predicted molar refractivity (Wildman–Crippen MR) is 135 cm³/mol. The zero-order chi connectivity index (χ0) is 26.5. The van der Waals surface area contributed by atoms with Crippen molar-refractivity contribution in [1.82, 2.24) is 25.3 Å². The molecule has 0 spiro atoms. The van der Waals surface area contributed by atoms with Crippen molar-refractivity contribution >= 4 is 17.8 Å². The summed E-state index contributed by atoms with van der Waals surface area (Å²) in [6.45, 7) is 2.28. The molecule has 2 aromatic carbocycles. The molecule has 0 bridgehead atoms. The largest absolute Gasteiger partial charge is 0.383 e. The van der Waals surface area contributed by atoms with E-state index in [0.29, 0.717) is 48.9 Å². The van der Waals surface area contributed by atoms with Crippen molar-refractivity contribution in [1.29, 1.82) is 0 Å². The van der Waals surface area contributed by atoms with Crippen molar-refractivity contribution in [3.05, 3.63) is 71.3 Å². The second-order valence-corrected chi connectivity index (χ2v) is 8.93. The number of methoxy groups -OCH3 is 1. The number of likely N-dealkylation sites (tertiary alicyclic amines) is 1. The van der Waals surface area contributed by atoms with E-state index in [0.717, 1.165) is 11.6 Å². The van der Waals surface area contributed by atoms with Crippen LogP contribution in [0.15, 0.2) is 48.5 Å².